The number of halogens is 2. The third kappa shape index (κ3) is 6.88. The first-order valence-electron chi connectivity index (χ1n) is 11.5. The molecule has 0 aliphatic heterocycles. The Labute approximate surface area is 204 Å². The van der Waals surface area contributed by atoms with Crippen molar-refractivity contribution in [3.05, 3.63) is 89.5 Å². The molecule has 3 aromatic rings. The predicted molar refractivity (Wildman–Crippen MR) is 130 cm³/mol. The van der Waals surface area contributed by atoms with Crippen LogP contribution < -0.4 is 10.1 Å². The maximum absolute atomic E-state index is 14.1. The number of ether oxygens (including phenoxy) is 2. The summed E-state index contributed by atoms with van der Waals surface area (Å²) in [5.41, 5.74) is 2.91. The monoisotopic (exact) mass is 481 g/mol. The highest BCUT2D eigenvalue weighted by Crippen LogP contribution is 2.24. The van der Waals surface area contributed by atoms with Crippen LogP contribution >= 0.6 is 0 Å². The number of nitrogens with one attached hydrogen (secondary N) is 1. The largest absolute Gasteiger partial charge is 0.491 e. The topological polar surface area (TPSA) is 64.6 Å². The van der Waals surface area contributed by atoms with E-state index in [1.807, 2.05) is 54.6 Å². The Morgan fingerprint density at radius 2 is 1.54 bits per heavy atom. The van der Waals surface area contributed by atoms with Gasteiger partial charge in [-0.1, -0.05) is 61.5 Å². The van der Waals surface area contributed by atoms with E-state index >= 15 is 0 Å². The second-order valence-electron chi connectivity index (χ2n) is 8.30. The molecule has 0 radical (unpaired) electrons. The van der Waals surface area contributed by atoms with Gasteiger partial charge in [0.15, 0.2) is 17.4 Å². The summed E-state index contributed by atoms with van der Waals surface area (Å²) < 4.78 is 38.0. The van der Waals surface area contributed by atoms with Crippen molar-refractivity contribution in [2.24, 2.45) is 5.92 Å². The van der Waals surface area contributed by atoms with Crippen LogP contribution in [0.5, 0.6) is 5.75 Å². The lowest BCUT2D eigenvalue weighted by atomic mass is 9.94. The third-order valence-corrected chi connectivity index (χ3v) is 5.67. The molecule has 0 fully saturated rings. The SMILES string of the molecule is CCOC(=O)[C@H](C)C[C@@H](Cc1ccc(-c2ccccc2)cc1)NC(=O)c1cc(F)c(OC)c(F)c1. The molecule has 2 atom stereocenters. The van der Waals surface area contributed by atoms with Crippen molar-refractivity contribution in [1.29, 1.82) is 0 Å². The molecule has 0 aromatic heterocycles. The van der Waals surface area contributed by atoms with E-state index < -0.39 is 35.3 Å². The molecule has 5 nitrogen and oxygen atoms in total. The fraction of sp³-hybridized carbons (Fsp3) is 0.286. The van der Waals surface area contributed by atoms with Gasteiger partial charge in [0.1, 0.15) is 0 Å². The minimum Gasteiger partial charge on any atom is -0.491 e. The normalized spacial score (nSPS) is 12.5. The van der Waals surface area contributed by atoms with Gasteiger partial charge in [-0.05, 0) is 48.6 Å². The summed E-state index contributed by atoms with van der Waals surface area (Å²) in [6.07, 6.45) is 0.720. The molecule has 0 saturated carbocycles. The Morgan fingerprint density at radius 1 is 0.943 bits per heavy atom. The van der Waals surface area contributed by atoms with Gasteiger partial charge in [0, 0.05) is 11.6 Å². The Balaban J connectivity index is 1.79. The summed E-state index contributed by atoms with van der Waals surface area (Å²) in [6, 6.07) is 19.2. The van der Waals surface area contributed by atoms with E-state index in [-0.39, 0.29) is 18.1 Å². The van der Waals surface area contributed by atoms with E-state index in [0.717, 1.165) is 35.9 Å². The van der Waals surface area contributed by atoms with E-state index in [1.165, 1.54) is 0 Å². The molecule has 7 heteroatoms. The van der Waals surface area contributed by atoms with E-state index in [9.17, 15) is 18.4 Å². The number of hydrogen-bond acceptors (Lipinski definition) is 4. The molecule has 0 aliphatic rings. The summed E-state index contributed by atoms with van der Waals surface area (Å²) in [6.45, 7) is 3.71. The van der Waals surface area contributed by atoms with Crippen LogP contribution in [0.15, 0.2) is 66.7 Å². The zero-order valence-electron chi connectivity index (χ0n) is 20.0. The van der Waals surface area contributed by atoms with Crippen molar-refractivity contribution in [1.82, 2.24) is 5.32 Å². The molecule has 0 saturated heterocycles. The molecule has 0 heterocycles. The summed E-state index contributed by atoms with van der Waals surface area (Å²) in [5, 5.41) is 2.83. The first-order valence-corrected chi connectivity index (χ1v) is 11.5. The fourth-order valence-corrected chi connectivity index (χ4v) is 3.90. The molecule has 1 amide bonds. The second kappa shape index (κ2) is 12.1. The molecule has 1 N–H and O–H groups in total. The Bertz CT molecular complexity index is 1130. The third-order valence-electron chi connectivity index (χ3n) is 5.67. The number of benzene rings is 3. The van der Waals surface area contributed by atoms with E-state index in [4.69, 9.17) is 4.74 Å². The van der Waals surface area contributed by atoms with Crippen LogP contribution in [0.1, 0.15) is 36.2 Å². The molecular weight excluding hydrogens is 452 g/mol. The average molecular weight is 482 g/mol. The standard InChI is InChI=1S/C28H29F2NO4/c1-4-35-28(33)18(2)14-23(31-27(32)22-16-24(29)26(34-3)25(30)17-22)15-19-10-12-21(13-11-19)20-8-6-5-7-9-20/h5-13,16-18,23H,4,14-15H2,1-3H3,(H,31,32)/t18-,23+/m1/s1. The summed E-state index contributed by atoms with van der Waals surface area (Å²) in [7, 11) is 1.15. The number of carbonyl (C=O) groups excluding carboxylic acids is 2. The first-order chi connectivity index (χ1) is 16.8. The predicted octanol–water partition coefficient (Wildman–Crippen LogP) is 5.57. The maximum atomic E-state index is 14.1. The van der Waals surface area contributed by atoms with E-state index in [0.29, 0.717) is 12.8 Å². The zero-order valence-corrected chi connectivity index (χ0v) is 20.0. The lowest BCUT2D eigenvalue weighted by Gasteiger charge is -2.22. The molecule has 0 spiro atoms. The minimum atomic E-state index is -0.967. The Hall–Kier alpha value is -3.74. The number of esters is 1. The molecule has 0 unspecified atom stereocenters. The van der Waals surface area contributed by atoms with Gasteiger partial charge in [-0.3, -0.25) is 9.59 Å². The second-order valence-corrected chi connectivity index (χ2v) is 8.30. The number of carbonyl (C=O) groups is 2. The lowest BCUT2D eigenvalue weighted by Crippen LogP contribution is -2.39. The highest BCUT2D eigenvalue weighted by molar-refractivity contribution is 5.94. The summed E-state index contributed by atoms with van der Waals surface area (Å²) >= 11 is 0. The van der Waals surface area contributed by atoms with E-state index in [1.54, 1.807) is 13.8 Å². The Kier molecular flexibility index (Phi) is 8.95. The molecule has 35 heavy (non-hydrogen) atoms. The van der Waals surface area contributed by atoms with Crippen LogP contribution in [0.3, 0.4) is 0 Å². The van der Waals surface area contributed by atoms with E-state index in [2.05, 4.69) is 10.1 Å². The Morgan fingerprint density at radius 3 is 2.11 bits per heavy atom. The van der Waals surface area contributed by atoms with Crippen LogP contribution in [0.25, 0.3) is 11.1 Å². The summed E-state index contributed by atoms with van der Waals surface area (Å²) in [5.74, 6) is -3.97. The van der Waals surface area contributed by atoms with Crippen molar-refractivity contribution >= 4 is 11.9 Å². The van der Waals surface area contributed by atoms with Gasteiger partial charge in [-0.25, -0.2) is 8.78 Å². The smallest absolute Gasteiger partial charge is 0.308 e. The maximum Gasteiger partial charge on any atom is 0.308 e. The van der Waals surface area contributed by atoms with Gasteiger partial charge in [-0.2, -0.15) is 0 Å². The van der Waals surface area contributed by atoms with Crippen LogP contribution in [0.4, 0.5) is 8.78 Å². The van der Waals surface area contributed by atoms with Crippen molar-refractivity contribution in [3.8, 4) is 16.9 Å². The van der Waals surface area contributed by atoms with Crippen molar-refractivity contribution < 1.29 is 27.8 Å². The lowest BCUT2D eigenvalue weighted by molar-refractivity contribution is -0.147. The van der Waals surface area contributed by atoms with Crippen LogP contribution in [0, 0.1) is 17.6 Å². The number of amides is 1. The van der Waals surface area contributed by atoms with Gasteiger partial charge in [0.25, 0.3) is 5.91 Å². The van der Waals surface area contributed by atoms with Gasteiger partial charge < -0.3 is 14.8 Å². The highest BCUT2D eigenvalue weighted by atomic mass is 19.1. The molecule has 3 aromatic carbocycles. The number of rotatable bonds is 10. The minimum absolute atomic E-state index is 0.172. The molecule has 184 valence electrons. The van der Waals surface area contributed by atoms with Crippen LogP contribution in [-0.4, -0.2) is 31.6 Å². The summed E-state index contributed by atoms with van der Waals surface area (Å²) in [4.78, 5) is 25.1. The average Bonchev–Trinajstić information content (AvgIpc) is 2.85. The van der Waals surface area contributed by atoms with Gasteiger partial charge in [0.2, 0.25) is 0 Å². The molecular formula is C28H29F2NO4. The van der Waals surface area contributed by atoms with Crippen molar-refractivity contribution in [2.45, 2.75) is 32.7 Å². The first kappa shape index (κ1) is 25.9. The van der Waals surface area contributed by atoms with Gasteiger partial charge >= 0.3 is 5.97 Å². The highest BCUT2D eigenvalue weighted by Gasteiger charge is 2.24. The fourth-order valence-electron chi connectivity index (χ4n) is 3.90. The number of methoxy groups -OCH3 is 1. The molecule has 3 rings (SSSR count). The number of hydrogen-bond donors (Lipinski definition) is 1. The molecule has 0 aliphatic carbocycles. The molecule has 0 bridgehead atoms. The van der Waals surface area contributed by atoms with Crippen LogP contribution in [-0.2, 0) is 16.0 Å². The van der Waals surface area contributed by atoms with Crippen molar-refractivity contribution in [3.63, 3.8) is 0 Å². The van der Waals surface area contributed by atoms with Gasteiger partial charge in [0.05, 0.1) is 19.6 Å². The quantitative estimate of drug-likeness (QED) is 0.385. The van der Waals surface area contributed by atoms with Gasteiger partial charge in [-0.15, -0.1) is 0 Å². The van der Waals surface area contributed by atoms with Crippen molar-refractivity contribution in [2.75, 3.05) is 13.7 Å². The van der Waals surface area contributed by atoms with Crippen LogP contribution in [0.2, 0.25) is 0 Å². The zero-order chi connectivity index (χ0) is 25.4.